The Morgan fingerprint density at radius 2 is 1.44 bits per heavy atom. The fraction of sp³-hybridized carbons (Fsp3) is 0.588. The zero-order chi connectivity index (χ0) is 17.7. The monoisotopic (exact) mass is 355 g/mol. The van der Waals surface area contributed by atoms with Crippen LogP contribution in [-0.4, -0.2) is 72.0 Å². The summed E-state index contributed by atoms with van der Waals surface area (Å²) in [6.07, 6.45) is 0. The predicted octanol–water partition coefficient (Wildman–Crippen LogP) is 0.623. The molecule has 8 nitrogen and oxygen atoms in total. The number of carbonyl (C=O) groups excluding carboxylic acids is 1. The molecule has 2 N–H and O–H groups in total. The smallest absolute Gasteiger partial charge is 0.338 e. The van der Waals surface area contributed by atoms with E-state index in [4.69, 9.17) is 34.2 Å². The molecule has 0 amide bonds. The number of benzene rings is 1. The highest BCUT2D eigenvalue weighted by molar-refractivity contribution is 5.90. The van der Waals surface area contributed by atoms with Gasteiger partial charge >= 0.3 is 5.97 Å². The van der Waals surface area contributed by atoms with Crippen LogP contribution in [0.1, 0.15) is 10.4 Å². The second kappa shape index (κ2) is 11.6. The fourth-order valence-corrected chi connectivity index (χ4v) is 2.07. The van der Waals surface area contributed by atoms with Gasteiger partial charge in [0.05, 0.1) is 45.2 Å². The van der Waals surface area contributed by atoms with Crippen molar-refractivity contribution in [3.05, 3.63) is 23.8 Å². The first kappa shape index (κ1) is 19.5. The molecule has 0 atom stereocenters. The van der Waals surface area contributed by atoms with Crippen LogP contribution in [-0.2, 0) is 18.9 Å². The van der Waals surface area contributed by atoms with Crippen molar-refractivity contribution in [3.8, 4) is 11.5 Å². The van der Waals surface area contributed by atoms with E-state index in [2.05, 4.69) is 0 Å². The molecule has 0 saturated carbocycles. The maximum atomic E-state index is 12.0. The maximum Gasteiger partial charge on any atom is 0.338 e. The molecule has 1 aliphatic heterocycles. The van der Waals surface area contributed by atoms with Gasteiger partial charge in [-0.15, -0.1) is 0 Å². The Balaban J connectivity index is 2.02. The molecule has 0 spiro atoms. The van der Waals surface area contributed by atoms with Crippen molar-refractivity contribution in [2.75, 3.05) is 66.0 Å². The van der Waals surface area contributed by atoms with Gasteiger partial charge < -0.3 is 34.2 Å². The topological polar surface area (TPSA) is 98.5 Å². The van der Waals surface area contributed by atoms with E-state index in [1.165, 1.54) is 0 Å². The third kappa shape index (κ3) is 7.27. The Morgan fingerprint density at radius 3 is 2.04 bits per heavy atom. The largest absolute Gasteiger partial charge is 0.487 e. The highest BCUT2D eigenvalue weighted by Gasteiger charge is 2.13. The number of rotatable bonds is 3. The van der Waals surface area contributed by atoms with E-state index < -0.39 is 5.97 Å². The molecule has 0 fully saturated rings. The Morgan fingerprint density at radius 1 is 0.880 bits per heavy atom. The summed E-state index contributed by atoms with van der Waals surface area (Å²) in [5.74, 6) is 0.534. The lowest BCUT2D eigenvalue weighted by Gasteiger charge is -2.14. The number of hydrogen-bond donors (Lipinski definition) is 1. The molecule has 1 aromatic rings. The lowest BCUT2D eigenvalue weighted by atomic mass is 10.2. The molecule has 0 bridgehead atoms. The molecule has 8 heteroatoms. The number of esters is 1. The van der Waals surface area contributed by atoms with Crippen molar-refractivity contribution in [2.45, 2.75) is 0 Å². The summed E-state index contributed by atoms with van der Waals surface area (Å²) in [5, 5.41) is 0. The minimum atomic E-state index is -0.454. The summed E-state index contributed by atoms with van der Waals surface area (Å²) in [6.45, 7) is 3.98. The van der Waals surface area contributed by atoms with Gasteiger partial charge in [-0.05, 0) is 18.2 Å². The van der Waals surface area contributed by atoms with Gasteiger partial charge in [-0.3, -0.25) is 0 Å². The first-order valence-corrected chi connectivity index (χ1v) is 8.31. The van der Waals surface area contributed by atoms with Gasteiger partial charge in [-0.1, -0.05) is 0 Å². The Labute approximate surface area is 147 Å². The van der Waals surface area contributed by atoms with Crippen molar-refractivity contribution in [1.29, 1.82) is 0 Å². The first-order chi connectivity index (χ1) is 12.3. The second-order valence-electron chi connectivity index (χ2n) is 5.12. The van der Waals surface area contributed by atoms with Crippen LogP contribution >= 0.6 is 0 Å². The normalized spacial score (nSPS) is 17.2. The van der Waals surface area contributed by atoms with Gasteiger partial charge in [0.1, 0.15) is 19.8 Å². The third-order valence-corrected chi connectivity index (χ3v) is 3.24. The zero-order valence-corrected chi connectivity index (χ0v) is 14.2. The van der Waals surface area contributed by atoms with Crippen molar-refractivity contribution in [1.82, 2.24) is 0 Å². The third-order valence-electron chi connectivity index (χ3n) is 3.24. The molecule has 2 rings (SSSR count). The molecule has 1 aliphatic rings. The molecule has 25 heavy (non-hydrogen) atoms. The van der Waals surface area contributed by atoms with Crippen LogP contribution in [0.3, 0.4) is 0 Å². The molecule has 0 unspecified atom stereocenters. The highest BCUT2D eigenvalue weighted by Crippen LogP contribution is 2.29. The van der Waals surface area contributed by atoms with E-state index in [-0.39, 0.29) is 13.2 Å². The van der Waals surface area contributed by atoms with Gasteiger partial charge in [-0.2, -0.15) is 0 Å². The lowest BCUT2D eigenvalue weighted by Crippen LogP contribution is -2.14. The number of nitrogens with two attached hydrogens (primary N) is 1. The average molecular weight is 355 g/mol. The van der Waals surface area contributed by atoms with Crippen LogP contribution in [0, 0.1) is 0 Å². The quantitative estimate of drug-likeness (QED) is 0.788. The molecule has 140 valence electrons. The minimum Gasteiger partial charge on any atom is -0.487 e. The SMILES string of the molecule is NCCOC(=O)c1ccc2c(c1)OCCOCCOCCOCCO2. The van der Waals surface area contributed by atoms with Crippen molar-refractivity contribution in [2.24, 2.45) is 5.73 Å². The van der Waals surface area contributed by atoms with Crippen LogP contribution in [0.15, 0.2) is 18.2 Å². The average Bonchev–Trinajstić information content (AvgIpc) is 2.64. The van der Waals surface area contributed by atoms with Crippen LogP contribution in [0.2, 0.25) is 0 Å². The molecular formula is C17H25NO7. The molecule has 1 heterocycles. The van der Waals surface area contributed by atoms with Gasteiger partial charge in [0, 0.05) is 6.54 Å². The van der Waals surface area contributed by atoms with Gasteiger partial charge in [0.2, 0.25) is 0 Å². The Kier molecular flexibility index (Phi) is 9.06. The van der Waals surface area contributed by atoms with Crippen LogP contribution in [0.25, 0.3) is 0 Å². The van der Waals surface area contributed by atoms with Crippen molar-refractivity contribution < 1.29 is 33.2 Å². The first-order valence-electron chi connectivity index (χ1n) is 8.31. The van der Waals surface area contributed by atoms with Gasteiger partial charge in [0.25, 0.3) is 0 Å². The van der Waals surface area contributed by atoms with Crippen LogP contribution < -0.4 is 15.2 Å². The predicted molar refractivity (Wildman–Crippen MR) is 89.2 cm³/mol. The molecule has 0 aliphatic carbocycles. The fourth-order valence-electron chi connectivity index (χ4n) is 2.07. The van der Waals surface area contributed by atoms with E-state index in [1.807, 2.05) is 0 Å². The highest BCUT2D eigenvalue weighted by atomic mass is 16.6. The number of fused-ring (bicyclic) bond motifs is 1. The van der Waals surface area contributed by atoms with E-state index in [0.717, 1.165) is 0 Å². The van der Waals surface area contributed by atoms with E-state index in [0.29, 0.717) is 69.9 Å². The van der Waals surface area contributed by atoms with Crippen LogP contribution in [0.4, 0.5) is 0 Å². The summed E-state index contributed by atoms with van der Waals surface area (Å²) in [7, 11) is 0. The minimum absolute atomic E-state index is 0.167. The zero-order valence-electron chi connectivity index (χ0n) is 14.2. The summed E-state index contributed by atoms with van der Waals surface area (Å²) < 4.78 is 32.6. The van der Waals surface area contributed by atoms with Gasteiger partial charge in [-0.25, -0.2) is 4.79 Å². The number of hydrogen-bond acceptors (Lipinski definition) is 8. The molecule has 1 aromatic carbocycles. The summed E-state index contributed by atoms with van der Waals surface area (Å²) in [4.78, 5) is 12.0. The molecule has 0 saturated heterocycles. The number of ether oxygens (including phenoxy) is 6. The molecule has 0 radical (unpaired) electrons. The Bertz CT molecular complexity index is 524. The van der Waals surface area contributed by atoms with Crippen LogP contribution in [0.5, 0.6) is 11.5 Å². The molecular weight excluding hydrogens is 330 g/mol. The lowest BCUT2D eigenvalue weighted by molar-refractivity contribution is 0.00708. The van der Waals surface area contributed by atoms with Crippen molar-refractivity contribution >= 4 is 5.97 Å². The van der Waals surface area contributed by atoms with Crippen molar-refractivity contribution in [3.63, 3.8) is 0 Å². The summed E-state index contributed by atoms with van der Waals surface area (Å²) in [5.41, 5.74) is 5.72. The second-order valence-corrected chi connectivity index (χ2v) is 5.12. The van der Waals surface area contributed by atoms with E-state index in [9.17, 15) is 4.79 Å². The Hall–Kier alpha value is -1.87. The van der Waals surface area contributed by atoms with Gasteiger partial charge in [0.15, 0.2) is 11.5 Å². The maximum absolute atomic E-state index is 12.0. The number of carbonyl (C=O) groups is 1. The summed E-state index contributed by atoms with van der Waals surface area (Å²) in [6, 6.07) is 4.90. The van der Waals surface area contributed by atoms with E-state index in [1.54, 1.807) is 18.2 Å². The standard InChI is InChI=1S/C17H25NO7/c18-3-4-25-17(19)14-1-2-15-16(13-14)24-12-10-22-8-6-20-5-7-21-9-11-23-15/h1-2,13H,3-12,18H2. The summed E-state index contributed by atoms with van der Waals surface area (Å²) >= 11 is 0. The van der Waals surface area contributed by atoms with E-state index >= 15 is 0 Å². The molecule has 0 aromatic heterocycles.